The van der Waals surface area contributed by atoms with E-state index in [0.29, 0.717) is 17.7 Å². The van der Waals surface area contributed by atoms with Crippen LogP contribution in [0.3, 0.4) is 0 Å². The number of Topliss-reactive ketones (excluding diaryl/α,β-unsaturated/α-hetero) is 1. The smallest absolute Gasteiger partial charge is 0.244 e. The van der Waals surface area contributed by atoms with Crippen molar-refractivity contribution in [2.45, 2.75) is 52.7 Å². The summed E-state index contributed by atoms with van der Waals surface area (Å²) in [5, 5.41) is 2.85. The molecule has 0 bridgehead atoms. The number of ketones is 1. The van der Waals surface area contributed by atoms with Crippen LogP contribution in [0.25, 0.3) is 0 Å². The molecule has 0 aromatic heterocycles. The summed E-state index contributed by atoms with van der Waals surface area (Å²) in [5.74, 6) is -0.446. The van der Waals surface area contributed by atoms with Gasteiger partial charge in [-0.15, -0.1) is 0 Å². The number of carbonyl (C=O) groups excluding carboxylic acids is 3. The van der Waals surface area contributed by atoms with Crippen molar-refractivity contribution in [3.05, 3.63) is 59.7 Å². The molecule has 1 atom stereocenters. The van der Waals surface area contributed by atoms with E-state index in [2.05, 4.69) is 5.32 Å². The zero-order valence-electron chi connectivity index (χ0n) is 21.6. The topological polar surface area (TPSA) is 113 Å². The largest absolute Gasteiger partial charge is 0.497 e. The van der Waals surface area contributed by atoms with Gasteiger partial charge in [-0.05, 0) is 57.0 Å². The molecule has 0 fully saturated rings. The summed E-state index contributed by atoms with van der Waals surface area (Å²) in [7, 11) is -2.33. The van der Waals surface area contributed by atoms with Gasteiger partial charge in [0.25, 0.3) is 0 Å². The van der Waals surface area contributed by atoms with Gasteiger partial charge < -0.3 is 15.0 Å². The van der Waals surface area contributed by atoms with Crippen molar-refractivity contribution in [1.29, 1.82) is 0 Å². The minimum Gasteiger partial charge on any atom is -0.497 e. The first-order valence-corrected chi connectivity index (χ1v) is 13.5. The Kier molecular flexibility index (Phi) is 10.0. The maximum atomic E-state index is 13.7. The van der Waals surface area contributed by atoms with Crippen LogP contribution in [-0.2, 0) is 26.2 Å². The fraction of sp³-hybridized carbons (Fsp3) is 0.423. The fourth-order valence-electron chi connectivity index (χ4n) is 3.72. The molecule has 0 radical (unpaired) electrons. The highest BCUT2D eigenvalue weighted by molar-refractivity contribution is 7.92. The highest BCUT2D eigenvalue weighted by Crippen LogP contribution is 2.22. The van der Waals surface area contributed by atoms with Gasteiger partial charge in [0.2, 0.25) is 21.8 Å². The van der Waals surface area contributed by atoms with E-state index >= 15 is 0 Å². The number of nitrogens with zero attached hydrogens (tertiary/aromatic N) is 2. The van der Waals surface area contributed by atoms with Gasteiger partial charge in [0.15, 0.2) is 5.78 Å². The van der Waals surface area contributed by atoms with E-state index < -0.39 is 28.5 Å². The third-order valence-electron chi connectivity index (χ3n) is 5.55. The molecule has 2 rings (SSSR count). The molecule has 36 heavy (non-hydrogen) atoms. The molecule has 2 aromatic carbocycles. The number of ether oxygens (including phenoxy) is 1. The SMILES string of the molecule is CC[C@H](C(=O)NC(C)C)N(Cc1ccc(OC)cc1)C(=O)CN(c1cccc(C(C)=O)c1)S(C)(=O)=O. The van der Waals surface area contributed by atoms with Crippen LogP contribution in [0.1, 0.15) is 50.0 Å². The van der Waals surface area contributed by atoms with Crippen LogP contribution in [0.5, 0.6) is 5.75 Å². The first kappa shape index (κ1) is 28.8. The first-order valence-electron chi connectivity index (χ1n) is 11.7. The van der Waals surface area contributed by atoms with Gasteiger partial charge in [0.1, 0.15) is 18.3 Å². The fourth-order valence-corrected chi connectivity index (χ4v) is 4.56. The molecule has 9 nitrogen and oxygen atoms in total. The Morgan fingerprint density at radius 3 is 2.19 bits per heavy atom. The molecule has 2 amide bonds. The molecule has 2 aromatic rings. The zero-order valence-corrected chi connectivity index (χ0v) is 22.5. The predicted molar refractivity (Wildman–Crippen MR) is 140 cm³/mol. The summed E-state index contributed by atoms with van der Waals surface area (Å²) in [6, 6.07) is 12.2. The number of benzene rings is 2. The molecule has 0 saturated carbocycles. The second-order valence-electron chi connectivity index (χ2n) is 8.83. The molecule has 196 valence electrons. The van der Waals surface area contributed by atoms with Crippen molar-refractivity contribution in [2.75, 3.05) is 24.2 Å². The molecule has 0 aliphatic heterocycles. The van der Waals surface area contributed by atoms with E-state index in [1.165, 1.54) is 24.0 Å². The van der Waals surface area contributed by atoms with Crippen molar-refractivity contribution < 1.29 is 27.5 Å². The average Bonchev–Trinajstić information content (AvgIpc) is 2.81. The second-order valence-corrected chi connectivity index (χ2v) is 10.7. The number of amides is 2. The van der Waals surface area contributed by atoms with Crippen molar-refractivity contribution in [2.24, 2.45) is 0 Å². The van der Waals surface area contributed by atoms with Crippen LogP contribution in [0.2, 0.25) is 0 Å². The highest BCUT2D eigenvalue weighted by Gasteiger charge is 2.32. The van der Waals surface area contributed by atoms with Crippen LogP contribution in [0, 0.1) is 0 Å². The van der Waals surface area contributed by atoms with Crippen molar-refractivity contribution in [3.63, 3.8) is 0 Å². The molecule has 0 unspecified atom stereocenters. The Labute approximate surface area is 213 Å². The van der Waals surface area contributed by atoms with Gasteiger partial charge in [-0.25, -0.2) is 8.42 Å². The lowest BCUT2D eigenvalue weighted by Gasteiger charge is -2.33. The van der Waals surface area contributed by atoms with E-state index in [-0.39, 0.29) is 30.0 Å². The van der Waals surface area contributed by atoms with Crippen LogP contribution in [0.15, 0.2) is 48.5 Å². The Bertz CT molecular complexity index is 1180. The van der Waals surface area contributed by atoms with Gasteiger partial charge in [0.05, 0.1) is 19.1 Å². The number of hydrogen-bond acceptors (Lipinski definition) is 6. The Balaban J connectivity index is 2.47. The summed E-state index contributed by atoms with van der Waals surface area (Å²) in [5.41, 5.74) is 1.28. The maximum absolute atomic E-state index is 13.7. The highest BCUT2D eigenvalue weighted by atomic mass is 32.2. The second kappa shape index (κ2) is 12.5. The summed E-state index contributed by atoms with van der Waals surface area (Å²) in [6.45, 7) is 6.40. The first-order chi connectivity index (χ1) is 16.9. The number of nitrogens with one attached hydrogen (secondary N) is 1. The van der Waals surface area contributed by atoms with Crippen molar-refractivity contribution in [1.82, 2.24) is 10.2 Å². The maximum Gasteiger partial charge on any atom is 0.244 e. The number of sulfonamides is 1. The van der Waals surface area contributed by atoms with E-state index in [9.17, 15) is 22.8 Å². The molecule has 10 heteroatoms. The molecular weight excluding hydrogens is 482 g/mol. The monoisotopic (exact) mass is 517 g/mol. The van der Waals surface area contributed by atoms with Gasteiger partial charge in [-0.1, -0.05) is 31.2 Å². The zero-order chi connectivity index (χ0) is 27.0. The van der Waals surface area contributed by atoms with Crippen LogP contribution in [-0.4, -0.2) is 62.9 Å². The number of anilines is 1. The molecule has 0 heterocycles. The number of carbonyl (C=O) groups is 3. The predicted octanol–water partition coefficient (Wildman–Crippen LogP) is 3.00. The lowest BCUT2D eigenvalue weighted by atomic mass is 10.1. The van der Waals surface area contributed by atoms with E-state index in [1.807, 2.05) is 13.8 Å². The third-order valence-corrected chi connectivity index (χ3v) is 6.69. The standard InChI is InChI=1S/C26H35N3O6S/c1-7-24(26(32)27-18(2)3)28(16-20-11-13-23(35-5)14-12-20)25(31)17-29(36(6,33)34)22-10-8-9-21(15-22)19(4)30/h8-15,18,24H,7,16-17H2,1-6H3,(H,27,32)/t24-/m1/s1. The van der Waals surface area contributed by atoms with Gasteiger partial charge >= 0.3 is 0 Å². The minimum atomic E-state index is -3.89. The van der Waals surface area contributed by atoms with Crippen LogP contribution < -0.4 is 14.4 Å². The number of hydrogen-bond donors (Lipinski definition) is 1. The summed E-state index contributed by atoms with van der Waals surface area (Å²) in [6.07, 6.45) is 1.33. The summed E-state index contributed by atoms with van der Waals surface area (Å²) in [4.78, 5) is 39.9. The average molecular weight is 518 g/mol. The van der Waals surface area contributed by atoms with Crippen molar-refractivity contribution >= 4 is 33.3 Å². The van der Waals surface area contributed by atoms with E-state index in [4.69, 9.17) is 4.74 Å². The molecule has 1 N–H and O–H groups in total. The van der Waals surface area contributed by atoms with Crippen LogP contribution >= 0.6 is 0 Å². The van der Waals surface area contributed by atoms with Gasteiger partial charge in [-0.3, -0.25) is 18.7 Å². The molecule has 0 aliphatic carbocycles. The summed E-state index contributed by atoms with van der Waals surface area (Å²) >= 11 is 0. The third kappa shape index (κ3) is 7.81. The van der Waals surface area contributed by atoms with Gasteiger partial charge in [0, 0.05) is 18.2 Å². The lowest BCUT2D eigenvalue weighted by Crippen LogP contribution is -2.53. The minimum absolute atomic E-state index is 0.0952. The molecule has 0 spiro atoms. The van der Waals surface area contributed by atoms with Gasteiger partial charge in [-0.2, -0.15) is 0 Å². The Morgan fingerprint density at radius 2 is 1.69 bits per heavy atom. The Morgan fingerprint density at radius 1 is 1.06 bits per heavy atom. The quantitative estimate of drug-likeness (QED) is 0.433. The lowest BCUT2D eigenvalue weighted by molar-refractivity contribution is -0.140. The molecule has 0 saturated heterocycles. The normalized spacial score (nSPS) is 12.1. The van der Waals surface area contributed by atoms with Crippen LogP contribution in [0.4, 0.5) is 5.69 Å². The summed E-state index contributed by atoms with van der Waals surface area (Å²) < 4.78 is 31.5. The molecular formula is C26H35N3O6S. The van der Waals surface area contributed by atoms with E-state index in [0.717, 1.165) is 16.1 Å². The number of rotatable bonds is 12. The van der Waals surface area contributed by atoms with Crippen molar-refractivity contribution in [3.8, 4) is 5.75 Å². The molecule has 0 aliphatic rings. The number of methoxy groups -OCH3 is 1. The Hall–Kier alpha value is -3.40. The van der Waals surface area contributed by atoms with E-state index in [1.54, 1.807) is 50.4 Å².